The zero-order chi connectivity index (χ0) is 13.1. The third-order valence-electron chi connectivity index (χ3n) is 3.70. The van der Waals surface area contributed by atoms with Crippen LogP contribution >= 0.6 is 0 Å². The molecule has 0 saturated carbocycles. The van der Waals surface area contributed by atoms with Gasteiger partial charge in [0, 0.05) is 12.1 Å². The van der Waals surface area contributed by atoms with Crippen molar-refractivity contribution in [2.75, 3.05) is 19.6 Å². The van der Waals surface area contributed by atoms with Crippen LogP contribution in [0.1, 0.15) is 66.7 Å². The summed E-state index contributed by atoms with van der Waals surface area (Å²) in [6.45, 7) is 15.1. The average molecular weight is 242 g/mol. The van der Waals surface area contributed by atoms with Crippen LogP contribution in [0.15, 0.2) is 0 Å². The summed E-state index contributed by atoms with van der Waals surface area (Å²) in [5, 5.41) is 3.55. The van der Waals surface area contributed by atoms with Crippen LogP contribution in [0.4, 0.5) is 0 Å². The fraction of sp³-hybridized carbons (Fsp3) is 1.00. The van der Waals surface area contributed by atoms with E-state index in [1.54, 1.807) is 0 Å². The lowest BCUT2D eigenvalue weighted by atomic mass is 10.1. The van der Waals surface area contributed by atoms with Gasteiger partial charge in [0.05, 0.1) is 0 Å². The molecule has 2 atom stereocenters. The molecular weight excluding hydrogens is 208 g/mol. The molecule has 1 N–H and O–H groups in total. The van der Waals surface area contributed by atoms with Gasteiger partial charge in [0.15, 0.2) is 0 Å². The summed E-state index contributed by atoms with van der Waals surface area (Å²) in [5.74, 6) is 0. The van der Waals surface area contributed by atoms with Crippen molar-refractivity contribution in [1.29, 1.82) is 0 Å². The molecule has 0 rings (SSSR count). The molecule has 0 aliphatic rings. The molecule has 2 nitrogen and oxygen atoms in total. The quantitative estimate of drug-likeness (QED) is 0.556. The van der Waals surface area contributed by atoms with Crippen LogP contribution in [0.5, 0.6) is 0 Å². The normalized spacial score (nSPS) is 15.2. The number of unbranched alkanes of at least 4 members (excludes halogenated alkanes) is 1. The topological polar surface area (TPSA) is 15.3 Å². The van der Waals surface area contributed by atoms with E-state index in [1.807, 2.05) is 0 Å². The van der Waals surface area contributed by atoms with Crippen LogP contribution in [0.25, 0.3) is 0 Å². The molecule has 0 amide bonds. The van der Waals surface area contributed by atoms with E-state index in [4.69, 9.17) is 0 Å². The second-order valence-electron chi connectivity index (χ2n) is 5.24. The predicted molar refractivity (Wildman–Crippen MR) is 78.6 cm³/mol. The molecule has 0 aromatic rings. The minimum Gasteiger partial charge on any atom is -0.314 e. The van der Waals surface area contributed by atoms with Gasteiger partial charge in [0.2, 0.25) is 0 Å². The Bertz CT molecular complexity index is 159. The van der Waals surface area contributed by atoms with Crippen LogP contribution in [0, 0.1) is 0 Å². The van der Waals surface area contributed by atoms with Gasteiger partial charge in [-0.2, -0.15) is 0 Å². The fourth-order valence-corrected chi connectivity index (χ4v) is 2.21. The molecule has 0 spiro atoms. The number of hydrogen-bond acceptors (Lipinski definition) is 2. The number of hydrogen-bond donors (Lipinski definition) is 1. The van der Waals surface area contributed by atoms with E-state index in [9.17, 15) is 0 Å². The third-order valence-corrected chi connectivity index (χ3v) is 3.70. The molecule has 0 aromatic heterocycles. The Kier molecular flexibility index (Phi) is 11.0. The van der Waals surface area contributed by atoms with Crippen molar-refractivity contribution < 1.29 is 0 Å². The SMILES string of the molecule is CCCNC(C)CCCCN(CC)C(C)CC. The maximum Gasteiger partial charge on any atom is 0.00641 e. The molecular formula is C15H34N2. The van der Waals surface area contributed by atoms with Gasteiger partial charge in [-0.05, 0) is 59.2 Å². The van der Waals surface area contributed by atoms with Gasteiger partial charge in [-0.25, -0.2) is 0 Å². The van der Waals surface area contributed by atoms with E-state index < -0.39 is 0 Å². The Balaban J connectivity index is 3.54. The van der Waals surface area contributed by atoms with Crippen LogP contribution < -0.4 is 5.32 Å². The Hall–Kier alpha value is -0.0800. The van der Waals surface area contributed by atoms with Gasteiger partial charge in [0.1, 0.15) is 0 Å². The molecule has 2 heteroatoms. The maximum atomic E-state index is 3.55. The molecule has 0 heterocycles. The zero-order valence-electron chi connectivity index (χ0n) is 12.8. The van der Waals surface area contributed by atoms with Crippen molar-refractivity contribution >= 4 is 0 Å². The average Bonchev–Trinajstić information content (AvgIpc) is 2.35. The minimum atomic E-state index is 0.689. The lowest BCUT2D eigenvalue weighted by molar-refractivity contribution is 0.209. The highest BCUT2D eigenvalue weighted by Gasteiger charge is 2.09. The van der Waals surface area contributed by atoms with Gasteiger partial charge >= 0.3 is 0 Å². The van der Waals surface area contributed by atoms with Crippen molar-refractivity contribution in [3.05, 3.63) is 0 Å². The van der Waals surface area contributed by atoms with Gasteiger partial charge in [-0.15, -0.1) is 0 Å². The van der Waals surface area contributed by atoms with Gasteiger partial charge in [-0.3, -0.25) is 0 Å². The Morgan fingerprint density at radius 2 is 1.76 bits per heavy atom. The van der Waals surface area contributed by atoms with Crippen LogP contribution in [-0.4, -0.2) is 36.6 Å². The van der Waals surface area contributed by atoms with E-state index in [1.165, 1.54) is 45.2 Å². The summed E-state index contributed by atoms with van der Waals surface area (Å²) in [4.78, 5) is 2.60. The summed E-state index contributed by atoms with van der Waals surface area (Å²) >= 11 is 0. The van der Waals surface area contributed by atoms with E-state index in [2.05, 4.69) is 44.8 Å². The van der Waals surface area contributed by atoms with Crippen molar-refractivity contribution in [2.24, 2.45) is 0 Å². The molecule has 0 saturated heterocycles. The Labute approximate surface area is 109 Å². The molecule has 17 heavy (non-hydrogen) atoms. The lowest BCUT2D eigenvalue weighted by Crippen LogP contribution is -2.33. The van der Waals surface area contributed by atoms with Crippen LogP contribution in [0.3, 0.4) is 0 Å². The van der Waals surface area contributed by atoms with Crippen LogP contribution in [0.2, 0.25) is 0 Å². The molecule has 0 aromatic carbocycles. The lowest BCUT2D eigenvalue weighted by Gasteiger charge is -2.27. The molecule has 2 unspecified atom stereocenters. The largest absolute Gasteiger partial charge is 0.314 e. The van der Waals surface area contributed by atoms with E-state index >= 15 is 0 Å². The van der Waals surface area contributed by atoms with Gasteiger partial charge < -0.3 is 10.2 Å². The minimum absolute atomic E-state index is 0.689. The summed E-state index contributed by atoms with van der Waals surface area (Å²) in [7, 11) is 0. The van der Waals surface area contributed by atoms with Crippen molar-refractivity contribution in [3.8, 4) is 0 Å². The first-order valence-corrected chi connectivity index (χ1v) is 7.63. The number of nitrogens with zero attached hydrogens (tertiary/aromatic N) is 1. The summed E-state index contributed by atoms with van der Waals surface area (Å²) < 4.78 is 0. The Morgan fingerprint density at radius 3 is 2.29 bits per heavy atom. The third kappa shape index (κ3) is 8.62. The zero-order valence-corrected chi connectivity index (χ0v) is 12.8. The second-order valence-corrected chi connectivity index (χ2v) is 5.24. The van der Waals surface area contributed by atoms with E-state index in [0.29, 0.717) is 6.04 Å². The van der Waals surface area contributed by atoms with Crippen molar-refractivity contribution in [1.82, 2.24) is 10.2 Å². The molecule has 0 fully saturated rings. The molecule has 0 bridgehead atoms. The summed E-state index contributed by atoms with van der Waals surface area (Å²) in [6, 6.07) is 1.43. The smallest absolute Gasteiger partial charge is 0.00641 e. The van der Waals surface area contributed by atoms with Crippen LogP contribution in [-0.2, 0) is 0 Å². The number of rotatable bonds is 11. The fourth-order valence-electron chi connectivity index (χ4n) is 2.21. The highest BCUT2D eigenvalue weighted by Crippen LogP contribution is 2.07. The van der Waals surface area contributed by atoms with Gasteiger partial charge in [0.25, 0.3) is 0 Å². The highest BCUT2D eigenvalue weighted by atomic mass is 15.1. The van der Waals surface area contributed by atoms with Crippen molar-refractivity contribution in [2.45, 2.75) is 78.8 Å². The maximum absolute atomic E-state index is 3.55. The monoisotopic (exact) mass is 242 g/mol. The van der Waals surface area contributed by atoms with Gasteiger partial charge in [-0.1, -0.05) is 27.2 Å². The first-order valence-electron chi connectivity index (χ1n) is 7.63. The first-order chi connectivity index (χ1) is 8.15. The van der Waals surface area contributed by atoms with Crippen molar-refractivity contribution in [3.63, 3.8) is 0 Å². The summed E-state index contributed by atoms with van der Waals surface area (Å²) in [6.07, 6.45) is 6.52. The molecule has 0 aliphatic heterocycles. The van der Waals surface area contributed by atoms with E-state index in [-0.39, 0.29) is 0 Å². The second kappa shape index (κ2) is 11.0. The predicted octanol–water partition coefficient (Wildman–Crippen LogP) is 3.67. The standard InChI is InChI=1S/C15H34N2/c1-6-12-16-14(4)11-9-10-13-17(8-3)15(5)7-2/h14-16H,6-13H2,1-5H3. The Morgan fingerprint density at radius 1 is 1.06 bits per heavy atom. The molecule has 104 valence electrons. The number of nitrogens with one attached hydrogen (secondary N) is 1. The highest BCUT2D eigenvalue weighted by molar-refractivity contribution is 4.65. The van der Waals surface area contributed by atoms with E-state index in [0.717, 1.165) is 12.6 Å². The molecule has 0 aliphatic carbocycles. The first kappa shape index (κ1) is 16.9. The molecule has 0 radical (unpaired) electrons. The summed E-state index contributed by atoms with van der Waals surface area (Å²) in [5.41, 5.74) is 0.